The topological polar surface area (TPSA) is 64.6 Å². The molecule has 0 aliphatic rings. The van der Waals surface area contributed by atoms with Crippen LogP contribution in [0.1, 0.15) is 17.3 Å². The Morgan fingerprint density at radius 2 is 1.83 bits per heavy atom. The lowest BCUT2D eigenvalue weighted by atomic mass is 10.2. The summed E-state index contributed by atoms with van der Waals surface area (Å²) in [5.41, 5.74) is 0.342. The Kier molecular flexibility index (Phi) is 5.68. The molecule has 0 bridgehead atoms. The van der Waals surface area contributed by atoms with Gasteiger partial charge in [-0.15, -0.1) is 0 Å². The summed E-state index contributed by atoms with van der Waals surface area (Å²) < 4.78 is 23.1. The number of halogens is 1. The molecule has 0 heterocycles. The summed E-state index contributed by atoms with van der Waals surface area (Å²) in [4.78, 5) is 23.2. The van der Waals surface area contributed by atoms with Gasteiger partial charge in [0.2, 0.25) is 0 Å². The molecule has 0 saturated carbocycles. The third-order valence-corrected chi connectivity index (χ3v) is 2.84. The van der Waals surface area contributed by atoms with Crippen molar-refractivity contribution in [1.82, 2.24) is 5.32 Å². The van der Waals surface area contributed by atoms with Crippen molar-refractivity contribution in [2.45, 2.75) is 6.92 Å². The van der Waals surface area contributed by atoms with Gasteiger partial charge in [-0.2, -0.15) is 0 Å². The molecule has 0 fully saturated rings. The summed E-state index contributed by atoms with van der Waals surface area (Å²) in [6, 6.07) is 12.0. The first-order valence-electron chi connectivity index (χ1n) is 7.06. The van der Waals surface area contributed by atoms with E-state index in [0.29, 0.717) is 17.1 Å². The Bertz CT molecular complexity index is 685. The molecule has 0 aliphatic heterocycles. The zero-order valence-electron chi connectivity index (χ0n) is 12.5. The van der Waals surface area contributed by atoms with Crippen LogP contribution in [0.25, 0.3) is 0 Å². The molecule has 0 aromatic heterocycles. The molecule has 1 N–H and O–H groups in total. The smallest absolute Gasteiger partial charge is 0.325 e. The van der Waals surface area contributed by atoms with Gasteiger partial charge in [-0.25, -0.2) is 4.39 Å². The summed E-state index contributed by atoms with van der Waals surface area (Å²) in [5.74, 6) is -0.387. The molecule has 0 unspecified atom stereocenters. The highest BCUT2D eigenvalue weighted by Crippen LogP contribution is 2.22. The van der Waals surface area contributed by atoms with Crippen molar-refractivity contribution in [2.75, 3.05) is 13.2 Å². The van der Waals surface area contributed by atoms with Gasteiger partial charge in [-0.3, -0.25) is 9.59 Å². The summed E-state index contributed by atoms with van der Waals surface area (Å²) in [6.45, 7) is 1.75. The van der Waals surface area contributed by atoms with Gasteiger partial charge < -0.3 is 14.8 Å². The molecule has 120 valence electrons. The lowest BCUT2D eigenvalue weighted by molar-refractivity contribution is -0.141. The van der Waals surface area contributed by atoms with Gasteiger partial charge >= 0.3 is 5.97 Å². The van der Waals surface area contributed by atoms with E-state index in [0.717, 1.165) is 0 Å². The maximum Gasteiger partial charge on any atom is 0.325 e. The highest BCUT2D eigenvalue weighted by atomic mass is 19.1. The fourth-order valence-electron chi connectivity index (χ4n) is 1.81. The average molecular weight is 317 g/mol. The predicted molar refractivity (Wildman–Crippen MR) is 81.9 cm³/mol. The molecule has 0 aliphatic carbocycles. The van der Waals surface area contributed by atoms with E-state index in [1.807, 2.05) is 0 Å². The second-order valence-electron chi connectivity index (χ2n) is 4.57. The SMILES string of the molecule is CCOC(=O)CNC(=O)c1cccc(Oc2ccc(F)cc2)c1. The highest BCUT2D eigenvalue weighted by Gasteiger charge is 2.09. The molecule has 0 saturated heterocycles. The van der Waals surface area contributed by atoms with Crippen molar-refractivity contribution in [2.24, 2.45) is 0 Å². The Morgan fingerprint density at radius 1 is 1.09 bits per heavy atom. The maximum absolute atomic E-state index is 12.9. The van der Waals surface area contributed by atoms with Gasteiger partial charge in [0.05, 0.1) is 6.61 Å². The third kappa shape index (κ3) is 5.10. The fourth-order valence-corrected chi connectivity index (χ4v) is 1.81. The van der Waals surface area contributed by atoms with Crippen LogP contribution in [0.3, 0.4) is 0 Å². The van der Waals surface area contributed by atoms with E-state index in [1.54, 1.807) is 25.1 Å². The Hall–Kier alpha value is -2.89. The third-order valence-electron chi connectivity index (χ3n) is 2.84. The van der Waals surface area contributed by atoms with E-state index in [2.05, 4.69) is 5.32 Å². The normalized spacial score (nSPS) is 10.0. The summed E-state index contributed by atoms with van der Waals surface area (Å²) >= 11 is 0. The largest absolute Gasteiger partial charge is 0.465 e. The van der Waals surface area contributed by atoms with Gasteiger partial charge in [-0.05, 0) is 49.4 Å². The first-order chi connectivity index (χ1) is 11.1. The molecule has 2 aromatic rings. The van der Waals surface area contributed by atoms with Crippen molar-refractivity contribution in [3.8, 4) is 11.5 Å². The molecule has 0 atom stereocenters. The molecular weight excluding hydrogens is 301 g/mol. The number of benzene rings is 2. The first kappa shape index (κ1) is 16.5. The van der Waals surface area contributed by atoms with Gasteiger partial charge in [-0.1, -0.05) is 6.07 Å². The summed E-state index contributed by atoms with van der Waals surface area (Å²) in [6.07, 6.45) is 0. The molecule has 0 radical (unpaired) electrons. The van der Waals surface area contributed by atoms with Crippen molar-refractivity contribution < 1.29 is 23.5 Å². The minimum absolute atomic E-state index is 0.199. The molecule has 23 heavy (non-hydrogen) atoms. The Balaban J connectivity index is 2.00. The number of hydrogen-bond acceptors (Lipinski definition) is 4. The van der Waals surface area contributed by atoms with E-state index in [1.165, 1.54) is 30.3 Å². The fraction of sp³-hybridized carbons (Fsp3) is 0.176. The quantitative estimate of drug-likeness (QED) is 0.832. The number of esters is 1. The lowest BCUT2D eigenvalue weighted by Crippen LogP contribution is -2.30. The molecule has 2 rings (SSSR count). The molecule has 2 aromatic carbocycles. The van der Waals surface area contributed by atoms with Crippen LogP contribution >= 0.6 is 0 Å². The first-order valence-corrected chi connectivity index (χ1v) is 7.06. The summed E-state index contributed by atoms with van der Waals surface area (Å²) in [7, 11) is 0. The van der Waals surface area contributed by atoms with Crippen LogP contribution in [-0.4, -0.2) is 25.0 Å². The molecule has 0 spiro atoms. The van der Waals surface area contributed by atoms with Gasteiger partial charge in [0.1, 0.15) is 23.9 Å². The highest BCUT2D eigenvalue weighted by molar-refractivity contribution is 5.96. The van der Waals surface area contributed by atoms with Crippen LogP contribution in [0.5, 0.6) is 11.5 Å². The van der Waals surface area contributed by atoms with Crippen LogP contribution in [0.15, 0.2) is 48.5 Å². The maximum atomic E-state index is 12.9. The number of ether oxygens (including phenoxy) is 2. The Morgan fingerprint density at radius 3 is 2.52 bits per heavy atom. The Labute approximate surface area is 133 Å². The predicted octanol–water partition coefficient (Wildman–Crippen LogP) is 2.91. The number of carbonyl (C=O) groups is 2. The van der Waals surface area contributed by atoms with E-state index < -0.39 is 11.9 Å². The van der Waals surface area contributed by atoms with E-state index >= 15 is 0 Å². The van der Waals surface area contributed by atoms with Crippen LogP contribution in [0.2, 0.25) is 0 Å². The van der Waals surface area contributed by atoms with Crippen LogP contribution in [-0.2, 0) is 9.53 Å². The van der Waals surface area contributed by atoms with Gasteiger partial charge in [0, 0.05) is 5.56 Å². The van der Waals surface area contributed by atoms with E-state index in [9.17, 15) is 14.0 Å². The van der Waals surface area contributed by atoms with Crippen molar-refractivity contribution in [3.05, 3.63) is 59.9 Å². The van der Waals surface area contributed by atoms with Crippen LogP contribution in [0.4, 0.5) is 4.39 Å². The number of amides is 1. The molecular formula is C17H16FNO4. The molecule has 5 nitrogen and oxygen atoms in total. The number of carbonyl (C=O) groups excluding carboxylic acids is 2. The minimum Gasteiger partial charge on any atom is -0.465 e. The molecule has 6 heteroatoms. The van der Waals surface area contributed by atoms with Crippen molar-refractivity contribution in [1.29, 1.82) is 0 Å². The zero-order chi connectivity index (χ0) is 16.7. The number of rotatable bonds is 6. The van der Waals surface area contributed by atoms with Crippen molar-refractivity contribution in [3.63, 3.8) is 0 Å². The molecule has 1 amide bonds. The lowest BCUT2D eigenvalue weighted by Gasteiger charge is -2.08. The monoisotopic (exact) mass is 317 g/mol. The van der Waals surface area contributed by atoms with E-state index in [4.69, 9.17) is 9.47 Å². The van der Waals surface area contributed by atoms with Gasteiger partial charge in [0.15, 0.2) is 0 Å². The standard InChI is InChI=1S/C17H16FNO4/c1-2-22-16(20)11-19-17(21)12-4-3-5-15(10-12)23-14-8-6-13(18)7-9-14/h3-10H,2,11H2,1H3,(H,19,21). The van der Waals surface area contributed by atoms with Gasteiger partial charge in [0.25, 0.3) is 5.91 Å². The van der Waals surface area contributed by atoms with Crippen LogP contribution in [0, 0.1) is 5.82 Å². The average Bonchev–Trinajstić information content (AvgIpc) is 2.55. The number of hydrogen-bond donors (Lipinski definition) is 1. The summed E-state index contributed by atoms with van der Waals surface area (Å²) in [5, 5.41) is 2.46. The second-order valence-corrected chi connectivity index (χ2v) is 4.57. The van der Waals surface area contributed by atoms with E-state index in [-0.39, 0.29) is 19.0 Å². The number of nitrogens with one attached hydrogen (secondary N) is 1. The minimum atomic E-state index is -0.500. The van der Waals surface area contributed by atoms with Crippen LogP contribution < -0.4 is 10.1 Å². The zero-order valence-corrected chi connectivity index (χ0v) is 12.5. The second kappa shape index (κ2) is 7.93. The van der Waals surface area contributed by atoms with Crippen molar-refractivity contribution >= 4 is 11.9 Å².